The summed E-state index contributed by atoms with van der Waals surface area (Å²) >= 11 is 0. The van der Waals surface area contributed by atoms with E-state index in [-0.39, 0.29) is 29.3 Å². The summed E-state index contributed by atoms with van der Waals surface area (Å²) in [5.41, 5.74) is 1.28. The zero-order valence-electron chi connectivity index (χ0n) is 17.0. The SMILES string of the molecule is O=C(N[C@H]1CCCC[C@@H]1O)c1cn(Cc2ccc(OC(F)(F)F)cc2)c2cccc(F)c12. The fourth-order valence-electron chi connectivity index (χ4n) is 4.13. The van der Waals surface area contributed by atoms with Gasteiger partial charge in [0.15, 0.2) is 0 Å². The van der Waals surface area contributed by atoms with Gasteiger partial charge in [0.05, 0.1) is 23.2 Å². The molecule has 170 valence electrons. The molecule has 2 aromatic carbocycles. The van der Waals surface area contributed by atoms with Crippen LogP contribution < -0.4 is 10.1 Å². The number of hydrogen-bond donors (Lipinski definition) is 2. The monoisotopic (exact) mass is 450 g/mol. The Morgan fingerprint density at radius 3 is 2.53 bits per heavy atom. The standard InChI is InChI=1S/C23H22F4N2O3/c24-17-4-3-6-19-21(17)16(22(31)28-18-5-1-2-7-20(18)30)13-29(19)12-14-8-10-15(11-9-14)32-23(25,26)27/h3-4,6,8-11,13,18,20,30H,1-2,5,7,12H2,(H,28,31)/t18-,20-/m0/s1. The van der Waals surface area contributed by atoms with Gasteiger partial charge in [0.2, 0.25) is 0 Å². The van der Waals surface area contributed by atoms with E-state index in [1.165, 1.54) is 42.6 Å². The van der Waals surface area contributed by atoms with Gasteiger partial charge in [-0.2, -0.15) is 0 Å². The third-order valence-corrected chi connectivity index (χ3v) is 5.66. The molecule has 3 aromatic rings. The first kappa shape index (κ1) is 22.1. The predicted octanol–water partition coefficient (Wildman–Crippen LogP) is 4.76. The molecule has 2 atom stereocenters. The van der Waals surface area contributed by atoms with Gasteiger partial charge >= 0.3 is 6.36 Å². The number of amides is 1. The second-order valence-electron chi connectivity index (χ2n) is 7.93. The van der Waals surface area contributed by atoms with Crippen molar-refractivity contribution in [3.63, 3.8) is 0 Å². The Morgan fingerprint density at radius 1 is 1.12 bits per heavy atom. The van der Waals surface area contributed by atoms with Crippen molar-refractivity contribution in [2.24, 2.45) is 0 Å². The maximum atomic E-state index is 14.7. The normalized spacial score (nSPS) is 19.2. The number of alkyl halides is 3. The van der Waals surface area contributed by atoms with Gasteiger partial charge in [-0.05, 0) is 42.7 Å². The van der Waals surface area contributed by atoms with E-state index in [0.29, 0.717) is 23.9 Å². The number of aliphatic hydroxyl groups is 1. The highest BCUT2D eigenvalue weighted by atomic mass is 19.4. The second kappa shape index (κ2) is 8.82. The number of aliphatic hydroxyl groups excluding tert-OH is 1. The van der Waals surface area contributed by atoms with Crippen LogP contribution in [0, 0.1) is 5.82 Å². The number of ether oxygens (including phenoxy) is 1. The number of halogens is 4. The Bertz CT molecular complexity index is 1110. The highest BCUT2D eigenvalue weighted by Crippen LogP contribution is 2.28. The fourth-order valence-corrected chi connectivity index (χ4v) is 4.13. The van der Waals surface area contributed by atoms with E-state index in [1.807, 2.05) is 0 Å². The smallest absolute Gasteiger partial charge is 0.406 e. The highest BCUT2D eigenvalue weighted by molar-refractivity contribution is 6.07. The molecule has 0 saturated heterocycles. The van der Waals surface area contributed by atoms with Crippen LogP contribution in [0.4, 0.5) is 17.6 Å². The van der Waals surface area contributed by atoms with E-state index >= 15 is 0 Å². The topological polar surface area (TPSA) is 63.5 Å². The highest BCUT2D eigenvalue weighted by Gasteiger charge is 2.31. The molecule has 9 heteroatoms. The summed E-state index contributed by atoms with van der Waals surface area (Å²) in [6.45, 7) is 0.214. The molecule has 5 nitrogen and oxygen atoms in total. The summed E-state index contributed by atoms with van der Waals surface area (Å²) in [5, 5.41) is 13.1. The molecule has 1 fully saturated rings. The largest absolute Gasteiger partial charge is 0.573 e. The lowest BCUT2D eigenvalue weighted by Gasteiger charge is -2.28. The lowest BCUT2D eigenvalue weighted by molar-refractivity contribution is -0.274. The fraction of sp³-hybridized carbons (Fsp3) is 0.348. The third-order valence-electron chi connectivity index (χ3n) is 5.66. The van der Waals surface area contributed by atoms with Crippen LogP contribution in [0.2, 0.25) is 0 Å². The number of fused-ring (bicyclic) bond motifs is 1. The van der Waals surface area contributed by atoms with Crippen LogP contribution in [0.3, 0.4) is 0 Å². The predicted molar refractivity (Wildman–Crippen MR) is 110 cm³/mol. The number of benzene rings is 2. The average Bonchev–Trinajstić information content (AvgIpc) is 3.10. The van der Waals surface area contributed by atoms with E-state index in [2.05, 4.69) is 10.1 Å². The third kappa shape index (κ3) is 4.88. The van der Waals surface area contributed by atoms with E-state index in [9.17, 15) is 27.5 Å². The number of aromatic nitrogens is 1. The quantitative estimate of drug-likeness (QED) is 0.551. The lowest BCUT2D eigenvalue weighted by Crippen LogP contribution is -2.45. The van der Waals surface area contributed by atoms with Gasteiger partial charge in [-0.3, -0.25) is 4.79 Å². The molecule has 1 amide bonds. The molecular weight excluding hydrogens is 428 g/mol. The Labute approximate surface area is 181 Å². The number of carbonyl (C=O) groups excluding carboxylic acids is 1. The van der Waals surface area contributed by atoms with Gasteiger partial charge in [-0.25, -0.2) is 4.39 Å². The molecular formula is C23H22F4N2O3. The molecule has 32 heavy (non-hydrogen) atoms. The molecule has 0 aliphatic heterocycles. The number of nitrogens with zero attached hydrogens (tertiary/aromatic N) is 1. The Morgan fingerprint density at radius 2 is 1.84 bits per heavy atom. The summed E-state index contributed by atoms with van der Waals surface area (Å²) in [4.78, 5) is 12.9. The number of carbonyl (C=O) groups is 1. The molecule has 4 rings (SSSR count). The van der Waals surface area contributed by atoms with Gasteiger partial charge in [0.25, 0.3) is 5.91 Å². The van der Waals surface area contributed by atoms with Gasteiger partial charge in [0.1, 0.15) is 11.6 Å². The van der Waals surface area contributed by atoms with Crippen molar-refractivity contribution in [1.29, 1.82) is 0 Å². The molecule has 0 spiro atoms. The number of nitrogens with one attached hydrogen (secondary N) is 1. The van der Waals surface area contributed by atoms with Crippen molar-refractivity contribution >= 4 is 16.8 Å². The van der Waals surface area contributed by atoms with Crippen molar-refractivity contribution in [3.8, 4) is 5.75 Å². The summed E-state index contributed by atoms with van der Waals surface area (Å²) in [6.07, 6.45) is -0.832. The molecule has 1 saturated carbocycles. The molecule has 2 N–H and O–H groups in total. The summed E-state index contributed by atoms with van der Waals surface area (Å²) < 4.78 is 57.3. The maximum Gasteiger partial charge on any atom is 0.573 e. The van der Waals surface area contributed by atoms with E-state index in [1.54, 1.807) is 10.6 Å². The molecule has 1 aromatic heterocycles. The lowest BCUT2D eigenvalue weighted by atomic mass is 9.92. The Kier molecular flexibility index (Phi) is 6.10. The molecule has 0 radical (unpaired) electrons. The average molecular weight is 450 g/mol. The van der Waals surface area contributed by atoms with Crippen LogP contribution in [0.1, 0.15) is 41.6 Å². The van der Waals surface area contributed by atoms with E-state index < -0.39 is 24.2 Å². The van der Waals surface area contributed by atoms with Crippen molar-refractivity contribution in [2.75, 3.05) is 0 Å². The zero-order chi connectivity index (χ0) is 22.9. The minimum atomic E-state index is -4.77. The molecule has 0 bridgehead atoms. The van der Waals surface area contributed by atoms with Crippen molar-refractivity contribution < 1.29 is 32.2 Å². The van der Waals surface area contributed by atoms with Gasteiger partial charge < -0.3 is 19.7 Å². The minimum Gasteiger partial charge on any atom is -0.406 e. The van der Waals surface area contributed by atoms with Crippen LogP contribution in [0.15, 0.2) is 48.7 Å². The van der Waals surface area contributed by atoms with Crippen LogP contribution in [-0.4, -0.2) is 34.1 Å². The van der Waals surface area contributed by atoms with Crippen LogP contribution in [0.25, 0.3) is 10.9 Å². The first-order valence-corrected chi connectivity index (χ1v) is 10.3. The van der Waals surface area contributed by atoms with Gasteiger partial charge in [-0.15, -0.1) is 13.2 Å². The molecule has 1 aliphatic carbocycles. The van der Waals surface area contributed by atoms with Crippen molar-refractivity contribution in [2.45, 2.75) is 50.7 Å². The Hall–Kier alpha value is -3.07. The van der Waals surface area contributed by atoms with E-state index in [4.69, 9.17) is 0 Å². The zero-order valence-corrected chi connectivity index (χ0v) is 17.0. The number of rotatable bonds is 5. The first-order chi connectivity index (χ1) is 15.2. The van der Waals surface area contributed by atoms with Crippen molar-refractivity contribution in [3.05, 3.63) is 65.6 Å². The molecule has 1 heterocycles. The summed E-state index contributed by atoms with van der Waals surface area (Å²) in [5.74, 6) is -1.36. The summed E-state index contributed by atoms with van der Waals surface area (Å²) in [6, 6.07) is 9.44. The Balaban J connectivity index is 1.60. The van der Waals surface area contributed by atoms with Crippen LogP contribution in [-0.2, 0) is 6.54 Å². The van der Waals surface area contributed by atoms with Crippen LogP contribution in [0.5, 0.6) is 5.75 Å². The summed E-state index contributed by atoms with van der Waals surface area (Å²) in [7, 11) is 0. The van der Waals surface area contributed by atoms with Crippen molar-refractivity contribution in [1.82, 2.24) is 9.88 Å². The van der Waals surface area contributed by atoms with Gasteiger partial charge in [0, 0.05) is 18.1 Å². The molecule has 1 aliphatic rings. The molecule has 0 unspecified atom stereocenters. The maximum absolute atomic E-state index is 14.7. The second-order valence-corrected chi connectivity index (χ2v) is 7.93. The first-order valence-electron chi connectivity index (χ1n) is 10.3. The van der Waals surface area contributed by atoms with E-state index in [0.717, 1.165) is 12.8 Å². The minimum absolute atomic E-state index is 0.146. The number of hydrogen-bond acceptors (Lipinski definition) is 3. The van der Waals surface area contributed by atoms with Crippen LogP contribution >= 0.6 is 0 Å². The van der Waals surface area contributed by atoms with Gasteiger partial charge in [-0.1, -0.05) is 31.0 Å².